The Labute approximate surface area is 71.8 Å². The minimum Gasteiger partial charge on any atom is -0.312 e. The molecular formula is C10H11NO. The number of rotatable bonds is 1. The lowest BCUT2D eigenvalue weighted by Gasteiger charge is -2.30. The van der Waals surface area contributed by atoms with Gasteiger partial charge in [-0.05, 0) is 24.6 Å². The third-order valence-corrected chi connectivity index (χ3v) is 2.16. The molecule has 1 aliphatic heterocycles. The number of hydrogen-bond acceptors (Lipinski definition) is 1. The lowest BCUT2D eigenvalue weighted by Crippen LogP contribution is -2.43. The Hall–Kier alpha value is -1.31. The summed E-state index contributed by atoms with van der Waals surface area (Å²) >= 11 is 0. The van der Waals surface area contributed by atoms with E-state index in [0.717, 1.165) is 12.2 Å². The summed E-state index contributed by atoms with van der Waals surface area (Å²) in [6, 6.07) is 8.03. The molecule has 2 nitrogen and oxygen atoms in total. The highest BCUT2D eigenvalue weighted by Crippen LogP contribution is 2.21. The molecule has 12 heavy (non-hydrogen) atoms. The first kappa shape index (κ1) is 7.35. The number of benzene rings is 1. The van der Waals surface area contributed by atoms with Gasteiger partial charge in [-0.1, -0.05) is 12.1 Å². The van der Waals surface area contributed by atoms with Gasteiger partial charge in [-0.3, -0.25) is 4.79 Å². The summed E-state index contributed by atoms with van der Waals surface area (Å²) in [5.41, 5.74) is 2.23. The average Bonchev–Trinajstić information content (AvgIpc) is 2.02. The normalized spacial score (nSPS) is 16.1. The lowest BCUT2D eigenvalue weighted by atomic mass is 10.1. The highest BCUT2D eigenvalue weighted by molar-refractivity contribution is 5.99. The molecule has 1 aromatic carbocycles. The molecule has 2 rings (SSSR count). The Bertz CT molecular complexity index is 319. The van der Waals surface area contributed by atoms with Crippen LogP contribution < -0.4 is 4.90 Å². The summed E-state index contributed by atoms with van der Waals surface area (Å²) in [5, 5.41) is 0. The van der Waals surface area contributed by atoms with E-state index in [1.807, 2.05) is 36.1 Å². The van der Waals surface area contributed by atoms with Crippen molar-refractivity contribution in [3.05, 3.63) is 29.8 Å². The molecule has 1 aliphatic rings. The van der Waals surface area contributed by atoms with Crippen LogP contribution in [0.25, 0.3) is 0 Å². The van der Waals surface area contributed by atoms with Gasteiger partial charge in [-0.2, -0.15) is 0 Å². The van der Waals surface area contributed by atoms with E-state index in [-0.39, 0.29) is 5.91 Å². The fourth-order valence-electron chi connectivity index (χ4n) is 1.38. The fraction of sp³-hybridized carbons (Fsp3) is 0.300. The van der Waals surface area contributed by atoms with Crippen molar-refractivity contribution >= 4 is 11.6 Å². The smallest absolute Gasteiger partial charge is 0.228 e. The van der Waals surface area contributed by atoms with Crippen molar-refractivity contribution in [3.63, 3.8) is 0 Å². The largest absolute Gasteiger partial charge is 0.312 e. The van der Waals surface area contributed by atoms with Crippen LogP contribution in [-0.2, 0) is 4.79 Å². The van der Waals surface area contributed by atoms with Crippen molar-refractivity contribution < 1.29 is 4.79 Å². The van der Waals surface area contributed by atoms with E-state index in [0.29, 0.717) is 6.42 Å². The highest BCUT2D eigenvalue weighted by Gasteiger charge is 2.24. The topological polar surface area (TPSA) is 20.3 Å². The van der Waals surface area contributed by atoms with Crippen LogP contribution in [0.15, 0.2) is 24.3 Å². The van der Waals surface area contributed by atoms with E-state index in [2.05, 4.69) is 0 Å². The number of aryl methyl sites for hydroxylation is 1. The molecule has 0 atom stereocenters. The predicted molar refractivity (Wildman–Crippen MR) is 48.1 cm³/mol. The quantitative estimate of drug-likeness (QED) is 0.574. The first-order chi connectivity index (χ1) is 5.77. The maximum absolute atomic E-state index is 11.1. The molecular weight excluding hydrogens is 150 g/mol. The zero-order chi connectivity index (χ0) is 8.55. The second kappa shape index (κ2) is 2.63. The van der Waals surface area contributed by atoms with Gasteiger partial charge in [0.15, 0.2) is 0 Å². The van der Waals surface area contributed by atoms with Gasteiger partial charge in [0.1, 0.15) is 0 Å². The number of hydrogen-bond donors (Lipinski definition) is 0. The summed E-state index contributed by atoms with van der Waals surface area (Å²) in [5.74, 6) is 0.237. The van der Waals surface area contributed by atoms with Crippen molar-refractivity contribution in [2.75, 3.05) is 11.4 Å². The predicted octanol–water partition coefficient (Wildman–Crippen LogP) is 1.73. The Morgan fingerprint density at radius 3 is 2.75 bits per heavy atom. The number of β-lactam (4-membered cyclic amide) rings is 1. The molecule has 62 valence electrons. The standard InChI is InChI=1S/C10H11NO/c1-8-3-2-4-9(7-8)11-6-5-10(11)12/h2-4,7H,5-6H2,1H3. The maximum Gasteiger partial charge on any atom is 0.228 e. The van der Waals surface area contributed by atoms with Gasteiger partial charge in [0.2, 0.25) is 5.91 Å². The second-order valence-corrected chi connectivity index (χ2v) is 3.13. The molecule has 0 radical (unpaired) electrons. The fourth-order valence-corrected chi connectivity index (χ4v) is 1.38. The van der Waals surface area contributed by atoms with Crippen molar-refractivity contribution in [2.45, 2.75) is 13.3 Å². The van der Waals surface area contributed by atoms with Crippen LogP contribution in [0, 0.1) is 6.92 Å². The summed E-state index contributed by atoms with van der Waals surface area (Å²) < 4.78 is 0. The highest BCUT2D eigenvalue weighted by atomic mass is 16.2. The Kier molecular flexibility index (Phi) is 1.61. The second-order valence-electron chi connectivity index (χ2n) is 3.13. The lowest BCUT2D eigenvalue weighted by molar-refractivity contribution is -0.122. The summed E-state index contributed by atoms with van der Waals surface area (Å²) in [6.45, 7) is 2.91. The van der Waals surface area contributed by atoms with Gasteiger partial charge < -0.3 is 4.90 Å². The van der Waals surface area contributed by atoms with Crippen molar-refractivity contribution in [2.24, 2.45) is 0 Å². The van der Waals surface area contributed by atoms with E-state index >= 15 is 0 Å². The van der Waals surface area contributed by atoms with Gasteiger partial charge in [-0.25, -0.2) is 0 Å². The monoisotopic (exact) mass is 161 g/mol. The molecule has 0 bridgehead atoms. The molecule has 1 heterocycles. The van der Waals surface area contributed by atoms with Gasteiger partial charge in [0, 0.05) is 18.7 Å². The maximum atomic E-state index is 11.1. The molecule has 1 saturated heterocycles. The van der Waals surface area contributed by atoms with E-state index in [4.69, 9.17) is 0 Å². The number of anilines is 1. The van der Waals surface area contributed by atoms with E-state index in [1.165, 1.54) is 5.56 Å². The van der Waals surface area contributed by atoms with Crippen LogP contribution in [0.4, 0.5) is 5.69 Å². The number of amides is 1. The summed E-state index contributed by atoms with van der Waals surface area (Å²) in [7, 11) is 0. The molecule has 0 aliphatic carbocycles. The zero-order valence-electron chi connectivity index (χ0n) is 7.08. The van der Waals surface area contributed by atoms with Gasteiger partial charge >= 0.3 is 0 Å². The van der Waals surface area contributed by atoms with E-state index in [9.17, 15) is 4.79 Å². The molecule has 1 aromatic rings. The molecule has 2 heteroatoms. The zero-order valence-corrected chi connectivity index (χ0v) is 7.08. The first-order valence-electron chi connectivity index (χ1n) is 4.14. The SMILES string of the molecule is Cc1cccc(N2CCC2=O)c1. The van der Waals surface area contributed by atoms with Crippen LogP contribution in [0.2, 0.25) is 0 Å². The molecule has 1 fully saturated rings. The Balaban J connectivity index is 2.28. The van der Waals surface area contributed by atoms with Crippen molar-refractivity contribution in [1.82, 2.24) is 0 Å². The van der Waals surface area contributed by atoms with Gasteiger partial charge in [0.25, 0.3) is 0 Å². The van der Waals surface area contributed by atoms with Crippen molar-refractivity contribution in [3.8, 4) is 0 Å². The van der Waals surface area contributed by atoms with Crippen LogP contribution in [0.3, 0.4) is 0 Å². The number of carbonyl (C=O) groups is 1. The van der Waals surface area contributed by atoms with Crippen LogP contribution in [-0.4, -0.2) is 12.5 Å². The molecule has 1 amide bonds. The molecule has 0 aromatic heterocycles. The minimum atomic E-state index is 0.237. The third kappa shape index (κ3) is 1.09. The molecule has 0 unspecified atom stereocenters. The van der Waals surface area contributed by atoms with Gasteiger partial charge in [0.05, 0.1) is 0 Å². The Morgan fingerprint density at radius 1 is 1.42 bits per heavy atom. The number of nitrogens with zero attached hydrogens (tertiary/aromatic N) is 1. The Morgan fingerprint density at radius 2 is 2.25 bits per heavy atom. The molecule has 0 spiro atoms. The van der Waals surface area contributed by atoms with Crippen molar-refractivity contribution in [1.29, 1.82) is 0 Å². The van der Waals surface area contributed by atoms with E-state index < -0.39 is 0 Å². The summed E-state index contributed by atoms with van der Waals surface area (Å²) in [4.78, 5) is 12.9. The first-order valence-corrected chi connectivity index (χ1v) is 4.14. The van der Waals surface area contributed by atoms with Crippen LogP contribution in [0.5, 0.6) is 0 Å². The van der Waals surface area contributed by atoms with Gasteiger partial charge in [-0.15, -0.1) is 0 Å². The minimum absolute atomic E-state index is 0.237. The average molecular weight is 161 g/mol. The van der Waals surface area contributed by atoms with Crippen LogP contribution in [0.1, 0.15) is 12.0 Å². The molecule has 0 N–H and O–H groups in total. The third-order valence-electron chi connectivity index (χ3n) is 2.16. The van der Waals surface area contributed by atoms with Crippen LogP contribution >= 0.6 is 0 Å². The number of carbonyl (C=O) groups excluding carboxylic acids is 1. The van der Waals surface area contributed by atoms with E-state index in [1.54, 1.807) is 0 Å². The summed E-state index contributed by atoms with van der Waals surface area (Å²) in [6.07, 6.45) is 0.702. The molecule has 0 saturated carbocycles.